The highest BCUT2D eigenvalue weighted by Gasteiger charge is 2.33. The fraction of sp³-hybridized carbons (Fsp3) is 0.174. The van der Waals surface area contributed by atoms with E-state index in [1.165, 1.54) is 18.2 Å². The van der Waals surface area contributed by atoms with Crippen LogP contribution in [0.25, 0.3) is 10.8 Å². The maximum atomic E-state index is 13.1. The molecule has 0 aliphatic carbocycles. The molecule has 0 fully saturated rings. The number of nitrogens with one attached hydrogen (secondary N) is 1. The zero-order valence-corrected chi connectivity index (χ0v) is 18.3. The number of hydrogen-bond donors (Lipinski definition) is 1. The largest absolute Gasteiger partial charge is 0.485 e. The van der Waals surface area contributed by atoms with Gasteiger partial charge in [0.1, 0.15) is 12.4 Å². The molecular weight excluding hydrogens is 453 g/mol. The molecule has 0 bridgehead atoms. The molecule has 4 aromatic rings. The summed E-state index contributed by atoms with van der Waals surface area (Å²) in [5.74, 6) is 0.567. The number of carbonyl (C=O) groups is 1. The Morgan fingerprint density at radius 3 is 2.58 bits per heavy atom. The maximum absolute atomic E-state index is 13.1. The van der Waals surface area contributed by atoms with Gasteiger partial charge in [-0.05, 0) is 23.6 Å². The topological polar surface area (TPSA) is 69.0 Å². The van der Waals surface area contributed by atoms with Gasteiger partial charge in [0.15, 0.2) is 11.0 Å². The normalized spacial score (nSPS) is 11.5. The Kier molecular flexibility index (Phi) is 6.55. The van der Waals surface area contributed by atoms with Gasteiger partial charge >= 0.3 is 6.18 Å². The molecular formula is C23H19F3N4O2S. The summed E-state index contributed by atoms with van der Waals surface area (Å²) >= 11 is 1.07. The second-order valence-electron chi connectivity index (χ2n) is 7.10. The van der Waals surface area contributed by atoms with Gasteiger partial charge < -0.3 is 14.6 Å². The van der Waals surface area contributed by atoms with Crippen LogP contribution in [0.3, 0.4) is 0 Å². The Morgan fingerprint density at radius 2 is 1.76 bits per heavy atom. The predicted molar refractivity (Wildman–Crippen MR) is 120 cm³/mol. The van der Waals surface area contributed by atoms with Crippen LogP contribution in [0.5, 0.6) is 5.75 Å². The smallest absolute Gasteiger partial charge is 0.418 e. The zero-order chi connectivity index (χ0) is 23.4. The second-order valence-corrected chi connectivity index (χ2v) is 8.05. The molecule has 0 aliphatic rings. The van der Waals surface area contributed by atoms with Crippen LogP contribution in [0.15, 0.2) is 71.9 Å². The Morgan fingerprint density at radius 1 is 1.03 bits per heavy atom. The van der Waals surface area contributed by atoms with E-state index in [0.717, 1.165) is 28.6 Å². The van der Waals surface area contributed by atoms with Crippen LogP contribution in [0, 0.1) is 0 Å². The van der Waals surface area contributed by atoms with Crippen molar-refractivity contribution in [2.45, 2.75) is 17.9 Å². The summed E-state index contributed by atoms with van der Waals surface area (Å²) in [4.78, 5) is 12.2. The van der Waals surface area contributed by atoms with Gasteiger partial charge in [0.25, 0.3) is 0 Å². The van der Waals surface area contributed by atoms with Crippen molar-refractivity contribution < 1.29 is 22.7 Å². The zero-order valence-electron chi connectivity index (χ0n) is 17.5. The van der Waals surface area contributed by atoms with Crippen LogP contribution < -0.4 is 10.1 Å². The molecule has 10 heteroatoms. The molecule has 0 saturated carbocycles. The first-order valence-electron chi connectivity index (χ1n) is 9.90. The first-order valence-corrected chi connectivity index (χ1v) is 10.9. The molecule has 0 aliphatic heterocycles. The lowest BCUT2D eigenvalue weighted by atomic mass is 10.1. The van der Waals surface area contributed by atoms with E-state index < -0.39 is 17.6 Å². The number of amides is 1. The summed E-state index contributed by atoms with van der Waals surface area (Å²) in [7, 11) is 1.74. The molecule has 0 atom stereocenters. The van der Waals surface area contributed by atoms with Gasteiger partial charge in [0.2, 0.25) is 5.91 Å². The van der Waals surface area contributed by atoms with Crippen LogP contribution in [-0.2, 0) is 24.6 Å². The third-order valence-electron chi connectivity index (χ3n) is 4.87. The van der Waals surface area contributed by atoms with Gasteiger partial charge in [-0.2, -0.15) is 13.2 Å². The van der Waals surface area contributed by atoms with E-state index >= 15 is 0 Å². The molecule has 0 radical (unpaired) electrons. The molecule has 0 unspecified atom stereocenters. The number of halogens is 3. The molecule has 4 rings (SSSR count). The van der Waals surface area contributed by atoms with Crippen LogP contribution in [0.1, 0.15) is 11.4 Å². The Bertz CT molecular complexity index is 1280. The first-order chi connectivity index (χ1) is 15.8. The van der Waals surface area contributed by atoms with Crippen molar-refractivity contribution in [1.82, 2.24) is 14.8 Å². The third kappa shape index (κ3) is 5.28. The van der Waals surface area contributed by atoms with E-state index in [0.29, 0.717) is 16.7 Å². The summed E-state index contributed by atoms with van der Waals surface area (Å²) < 4.78 is 46.9. The molecule has 1 N–H and O–H groups in total. The highest BCUT2D eigenvalue weighted by atomic mass is 32.2. The molecule has 6 nitrogen and oxygen atoms in total. The average Bonchev–Trinajstić information content (AvgIpc) is 3.15. The van der Waals surface area contributed by atoms with E-state index in [4.69, 9.17) is 4.74 Å². The number of ether oxygens (including phenoxy) is 1. The van der Waals surface area contributed by atoms with E-state index in [1.807, 2.05) is 42.5 Å². The van der Waals surface area contributed by atoms with E-state index in [1.54, 1.807) is 11.6 Å². The lowest BCUT2D eigenvalue weighted by Crippen LogP contribution is -2.18. The van der Waals surface area contributed by atoms with Crippen LogP contribution >= 0.6 is 11.8 Å². The van der Waals surface area contributed by atoms with Crippen molar-refractivity contribution in [2.24, 2.45) is 7.05 Å². The maximum Gasteiger partial charge on any atom is 0.418 e. The fourth-order valence-electron chi connectivity index (χ4n) is 3.22. The number of rotatable bonds is 7. The number of nitrogens with zero attached hydrogens (tertiary/aromatic N) is 3. The van der Waals surface area contributed by atoms with Crippen LogP contribution in [0.2, 0.25) is 0 Å². The van der Waals surface area contributed by atoms with Crippen molar-refractivity contribution in [3.05, 3.63) is 78.1 Å². The minimum atomic E-state index is -4.56. The Hall–Kier alpha value is -3.53. The van der Waals surface area contributed by atoms with E-state index in [-0.39, 0.29) is 18.0 Å². The Balaban J connectivity index is 1.37. The quantitative estimate of drug-likeness (QED) is 0.370. The van der Waals surface area contributed by atoms with Crippen molar-refractivity contribution in [3.8, 4) is 5.75 Å². The summed E-state index contributed by atoms with van der Waals surface area (Å²) in [6.45, 7) is 0.170. The average molecular weight is 472 g/mol. The SMILES string of the molecule is Cn1c(COc2cccc3ccccc23)nnc1SCC(=O)Nc1ccccc1C(F)(F)F. The molecule has 170 valence electrons. The van der Waals surface area contributed by atoms with Crippen molar-refractivity contribution in [2.75, 3.05) is 11.1 Å². The number of hydrogen-bond acceptors (Lipinski definition) is 5. The molecule has 1 amide bonds. The van der Waals surface area contributed by atoms with Crippen molar-refractivity contribution in [3.63, 3.8) is 0 Å². The monoisotopic (exact) mass is 472 g/mol. The van der Waals surface area contributed by atoms with Crippen molar-refractivity contribution in [1.29, 1.82) is 0 Å². The molecule has 1 heterocycles. The van der Waals surface area contributed by atoms with E-state index in [9.17, 15) is 18.0 Å². The van der Waals surface area contributed by atoms with Gasteiger partial charge in [0.05, 0.1) is 17.0 Å². The summed E-state index contributed by atoms with van der Waals surface area (Å²) in [5, 5.41) is 13.0. The van der Waals surface area contributed by atoms with Crippen LogP contribution in [0.4, 0.5) is 18.9 Å². The fourth-order valence-corrected chi connectivity index (χ4v) is 3.95. The number of benzene rings is 3. The molecule has 3 aromatic carbocycles. The summed E-state index contributed by atoms with van der Waals surface area (Å²) in [5.41, 5.74) is -1.17. The highest BCUT2D eigenvalue weighted by Crippen LogP contribution is 2.34. The van der Waals surface area contributed by atoms with Gasteiger partial charge in [-0.1, -0.05) is 60.3 Å². The minimum Gasteiger partial charge on any atom is -0.485 e. The highest BCUT2D eigenvalue weighted by molar-refractivity contribution is 7.99. The number of fused-ring (bicyclic) bond motifs is 1. The van der Waals surface area contributed by atoms with Crippen molar-refractivity contribution >= 4 is 34.1 Å². The van der Waals surface area contributed by atoms with Gasteiger partial charge in [-0.3, -0.25) is 4.79 Å². The lowest BCUT2D eigenvalue weighted by molar-refractivity contribution is -0.137. The van der Waals surface area contributed by atoms with Gasteiger partial charge in [0, 0.05) is 12.4 Å². The van der Waals surface area contributed by atoms with Crippen LogP contribution in [-0.4, -0.2) is 26.4 Å². The third-order valence-corrected chi connectivity index (χ3v) is 5.89. The number of alkyl halides is 3. The Labute approximate surface area is 191 Å². The minimum absolute atomic E-state index is 0.123. The standard InChI is InChI=1S/C23H19F3N4O2S/c1-30-20(13-32-19-12-6-8-15-7-2-3-9-16(15)19)28-29-22(30)33-14-21(31)27-18-11-5-4-10-17(18)23(24,25)26/h2-12H,13-14H2,1H3,(H,27,31). The number of thioether (sulfide) groups is 1. The van der Waals surface area contributed by atoms with Gasteiger partial charge in [-0.15, -0.1) is 10.2 Å². The summed E-state index contributed by atoms with van der Waals surface area (Å²) in [6, 6.07) is 18.5. The molecule has 0 spiro atoms. The van der Waals surface area contributed by atoms with E-state index in [2.05, 4.69) is 15.5 Å². The second kappa shape index (κ2) is 9.53. The molecule has 33 heavy (non-hydrogen) atoms. The summed E-state index contributed by atoms with van der Waals surface area (Å²) in [6.07, 6.45) is -4.56. The van der Waals surface area contributed by atoms with Gasteiger partial charge in [-0.25, -0.2) is 0 Å². The molecule has 0 saturated heterocycles. The molecule has 1 aromatic heterocycles. The first kappa shape index (κ1) is 22.7. The lowest BCUT2D eigenvalue weighted by Gasteiger charge is -2.13. The predicted octanol–water partition coefficient (Wildman–Crippen LogP) is 5.30. The number of para-hydroxylation sites is 1. The number of carbonyl (C=O) groups excluding carboxylic acids is 1. The number of anilines is 1. The number of aromatic nitrogens is 3.